The lowest BCUT2D eigenvalue weighted by atomic mass is 10.2. The molecule has 8 heteroatoms. The molecule has 0 amide bonds. The quantitative estimate of drug-likeness (QED) is 0.464. The van der Waals surface area contributed by atoms with Gasteiger partial charge in [0.1, 0.15) is 22.9 Å². The van der Waals surface area contributed by atoms with Crippen LogP contribution in [0.15, 0.2) is 55.6 Å². The summed E-state index contributed by atoms with van der Waals surface area (Å²) in [5, 5.41) is 0.354. The summed E-state index contributed by atoms with van der Waals surface area (Å²) in [6.07, 6.45) is 5.80. The molecule has 4 rings (SSSR count). The molecule has 0 fully saturated rings. The molecule has 31 heavy (non-hydrogen) atoms. The van der Waals surface area contributed by atoms with E-state index in [9.17, 15) is 9.59 Å². The van der Waals surface area contributed by atoms with Gasteiger partial charge in [0.05, 0.1) is 5.56 Å². The first-order valence-corrected chi connectivity index (χ1v) is 11.1. The monoisotopic (exact) mass is 440 g/mol. The van der Waals surface area contributed by atoms with Gasteiger partial charge in [-0.15, -0.1) is 0 Å². The molecule has 0 spiro atoms. The van der Waals surface area contributed by atoms with Gasteiger partial charge in [-0.3, -0.25) is 13.9 Å². The molecule has 1 aliphatic heterocycles. The summed E-state index contributed by atoms with van der Waals surface area (Å²) in [6.45, 7) is 2.94. The largest absolute Gasteiger partial charge is 0.448 e. The fourth-order valence-electron chi connectivity index (χ4n) is 3.76. The van der Waals surface area contributed by atoms with Crippen LogP contribution in [0.3, 0.4) is 0 Å². The molecule has 162 valence electrons. The second kappa shape index (κ2) is 9.47. The first kappa shape index (κ1) is 21.3. The van der Waals surface area contributed by atoms with E-state index in [1.54, 1.807) is 10.8 Å². The van der Waals surface area contributed by atoms with Crippen LogP contribution in [-0.4, -0.2) is 19.3 Å². The molecule has 2 aromatic heterocycles. The maximum absolute atomic E-state index is 13.0. The highest BCUT2D eigenvalue weighted by molar-refractivity contribution is 6.66. The first-order chi connectivity index (χ1) is 15.1. The summed E-state index contributed by atoms with van der Waals surface area (Å²) in [6, 6.07) is 9.86. The molecule has 0 saturated heterocycles. The average Bonchev–Trinajstić information content (AvgIpc) is 3.40. The van der Waals surface area contributed by atoms with Crippen LogP contribution >= 0.6 is 11.6 Å². The van der Waals surface area contributed by atoms with E-state index in [4.69, 9.17) is 16.0 Å². The standard InChI is InChI=1S/C23H25ClN4O3/c1-2-3-12-27-21-17(14-19(24)26-21)22(29)28(23(27)30)13-8-7-11-20-25-18(15-31-20)16-9-5-4-6-10-16/h4-6,9-10,15H,2-3,7-8,11-14H2,1H3. The van der Waals surface area contributed by atoms with Crippen LogP contribution in [0, 0.1) is 0 Å². The Balaban J connectivity index is 1.44. The molecule has 1 aromatic carbocycles. The maximum Gasteiger partial charge on any atom is 0.332 e. The van der Waals surface area contributed by atoms with Gasteiger partial charge in [-0.25, -0.2) is 14.8 Å². The number of fused-ring (bicyclic) bond motifs is 1. The Bertz CT molecular complexity index is 1210. The Hall–Kier alpha value is -2.93. The molecule has 3 aromatic rings. The number of hydrogen-bond acceptors (Lipinski definition) is 5. The molecule has 0 saturated carbocycles. The van der Waals surface area contributed by atoms with Crippen molar-refractivity contribution < 1.29 is 4.42 Å². The number of nitrogens with zero attached hydrogens (tertiary/aromatic N) is 4. The summed E-state index contributed by atoms with van der Waals surface area (Å²) < 4.78 is 8.50. The second-order valence-electron chi connectivity index (χ2n) is 7.66. The van der Waals surface area contributed by atoms with E-state index < -0.39 is 0 Å². The second-order valence-corrected chi connectivity index (χ2v) is 8.10. The predicted molar refractivity (Wildman–Crippen MR) is 121 cm³/mol. The topological polar surface area (TPSA) is 82.4 Å². The van der Waals surface area contributed by atoms with Crippen LogP contribution in [0.1, 0.15) is 44.1 Å². The fraction of sp³-hybridized carbons (Fsp3) is 0.391. The number of aryl methyl sites for hydroxylation is 1. The maximum atomic E-state index is 13.0. The molecule has 0 atom stereocenters. The highest BCUT2D eigenvalue weighted by atomic mass is 35.5. The van der Waals surface area contributed by atoms with Gasteiger partial charge < -0.3 is 4.42 Å². The third kappa shape index (κ3) is 4.56. The van der Waals surface area contributed by atoms with Gasteiger partial charge in [-0.05, 0) is 19.3 Å². The Labute approximate surface area is 185 Å². The molecule has 0 radical (unpaired) electrons. The van der Waals surface area contributed by atoms with E-state index in [1.165, 1.54) is 4.57 Å². The Kier molecular flexibility index (Phi) is 6.51. The number of aromatic nitrogens is 3. The normalized spacial score (nSPS) is 12.8. The number of aliphatic imine (C=N–C) groups is 1. The van der Waals surface area contributed by atoms with Crippen LogP contribution in [0.2, 0.25) is 0 Å². The van der Waals surface area contributed by atoms with Crippen molar-refractivity contribution in [2.75, 3.05) is 0 Å². The Morgan fingerprint density at radius 2 is 1.84 bits per heavy atom. The highest BCUT2D eigenvalue weighted by Crippen LogP contribution is 2.24. The van der Waals surface area contributed by atoms with Gasteiger partial charge >= 0.3 is 5.69 Å². The van der Waals surface area contributed by atoms with Crippen molar-refractivity contribution in [1.29, 1.82) is 0 Å². The molecule has 0 aliphatic carbocycles. The number of rotatable bonds is 9. The highest BCUT2D eigenvalue weighted by Gasteiger charge is 2.24. The van der Waals surface area contributed by atoms with Crippen LogP contribution < -0.4 is 11.2 Å². The average molecular weight is 441 g/mol. The molecule has 0 N–H and O–H groups in total. The smallest absolute Gasteiger partial charge is 0.332 e. The van der Waals surface area contributed by atoms with Crippen molar-refractivity contribution >= 4 is 22.6 Å². The zero-order chi connectivity index (χ0) is 21.8. The van der Waals surface area contributed by atoms with E-state index in [2.05, 4.69) is 16.9 Å². The Morgan fingerprint density at radius 3 is 2.61 bits per heavy atom. The number of benzene rings is 1. The van der Waals surface area contributed by atoms with Crippen LogP contribution in [0.5, 0.6) is 0 Å². The Morgan fingerprint density at radius 1 is 1.06 bits per heavy atom. The number of oxazole rings is 1. The van der Waals surface area contributed by atoms with Crippen molar-refractivity contribution in [3.8, 4) is 11.3 Å². The first-order valence-electron chi connectivity index (χ1n) is 10.7. The molecule has 3 heterocycles. The molecule has 1 aliphatic rings. The zero-order valence-corrected chi connectivity index (χ0v) is 18.3. The van der Waals surface area contributed by atoms with E-state index in [-0.39, 0.29) is 11.2 Å². The van der Waals surface area contributed by atoms with Gasteiger partial charge in [0, 0.05) is 31.5 Å². The number of hydrogen-bond donors (Lipinski definition) is 0. The lowest BCUT2D eigenvalue weighted by molar-refractivity contribution is 0.466. The van der Waals surface area contributed by atoms with E-state index in [0.717, 1.165) is 30.5 Å². The summed E-state index contributed by atoms with van der Waals surface area (Å²) in [5.74, 6) is 1.08. The minimum Gasteiger partial charge on any atom is -0.448 e. The van der Waals surface area contributed by atoms with Crippen molar-refractivity contribution in [3.63, 3.8) is 0 Å². The molecule has 0 unspecified atom stereocenters. The lowest BCUT2D eigenvalue weighted by Crippen LogP contribution is -2.41. The van der Waals surface area contributed by atoms with Crippen molar-refractivity contribution in [2.24, 2.45) is 4.99 Å². The third-order valence-electron chi connectivity index (χ3n) is 5.42. The third-order valence-corrected chi connectivity index (χ3v) is 5.64. The minimum atomic E-state index is -0.310. The van der Waals surface area contributed by atoms with Gasteiger partial charge in [0.25, 0.3) is 5.56 Å². The fourth-order valence-corrected chi connectivity index (χ4v) is 3.97. The van der Waals surface area contributed by atoms with Crippen molar-refractivity contribution in [2.45, 2.75) is 58.5 Å². The van der Waals surface area contributed by atoms with E-state index in [1.807, 2.05) is 30.3 Å². The molecular formula is C23H25ClN4O3. The van der Waals surface area contributed by atoms with Gasteiger partial charge in [-0.2, -0.15) is 0 Å². The SMILES string of the molecule is CCCCn1c2c(c(=O)n(CCCCc3nc(-c4ccccc4)co3)c1=O)CC(Cl)=N2. The lowest BCUT2D eigenvalue weighted by Gasteiger charge is -2.13. The molecular weight excluding hydrogens is 416 g/mol. The molecule has 0 bridgehead atoms. The van der Waals surface area contributed by atoms with Gasteiger partial charge in [-0.1, -0.05) is 55.3 Å². The van der Waals surface area contributed by atoms with E-state index in [0.29, 0.717) is 54.8 Å². The predicted octanol–water partition coefficient (Wildman–Crippen LogP) is 4.31. The zero-order valence-electron chi connectivity index (χ0n) is 17.5. The summed E-state index contributed by atoms with van der Waals surface area (Å²) >= 11 is 6.07. The van der Waals surface area contributed by atoms with Gasteiger partial charge in [0.2, 0.25) is 0 Å². The summed E-state index contributed by atoms with van der Waals surface area (Å²) in [5.41, 5.74) is 1.74. The summed E-state index contributed by atoms with van der Waals surface area (Å²) in [7, 11) is 0. The van der Waals surface area contributed by atoms with Crippen molar-refractivity contribution in [3.05, 3.63) is 68.9 Å². The number of halogens is 1. The van der Waals surface area contributed by atoms with Crippen LogP contribution in [0.25, 0.3) is 11.3 Å². The minimum absolute atomic E-state index is 0.283. The number of unbranched alkanes of at least 4 members (excludes halogenated alkanes) is 2. The molecule has 7 nitrogen and oxygen atoms in total. The van der Waals surface area contributed by atoms with Crippen LogP contribution in [0.4, 0.5) is 5.82 Å². The van der Waals surface area contributed by atoms with E-state index >= 15 is 0 Å². The van der Waals surface area contributed by atoms with Crippen LogP contribution in [-0.2, 0) is 25.9 Å². The summed E-state index contributed by atoms with van der Waals surface area (Å²) in [4.78, 5) is 34.6. The van der Waals surface area contributed by atoms with Crippen molar-refractivity contribution in [1.82, 2.24) is 14.1 Å². The van der Waals surface area contributed by atoms with Gasteiger partial charge in [0.15, 0.2) is 5.89 Å².